The molecule has 0 saturated heterocycles. The number of aromatic nitrogens is 3. The van der Waals surface area contributed by atoms with Gasteiger partial charge < -0.3 is 4.98 Å². The average molecular weight is 421 g/mol. The molecule has 4 aromatic rings. The van der Waals surface area contributed by atoms with Gasteiger partial charge in [0.1, 0.15) is 17.4 Å². The summed E-state index contributed by atoms with van der Waals surface area (Å²) < 4.78 is 1.28. The van der Waals surface area contributed by atoms with Gasteiger partial charge in [-0.3, -0.25) is 4.79 Å². The number of nitrogens with one attached hydrogen (secondary N) is 1. The molecule has 2 aromatic carbocycles. The standard InChI is InChI=1S/C24H25ClN4O/c1-15(11-16-5-7-17(8-6-16)24(2,3)4)13-27-29-14-26-21-19-12-18(25)9-10-20(19)28-22(21)23(29)30/h5-10,12-15,28H,11H2,1-4H3/b27-13+. The molecular weight excluding hydrogens is 396 g/mol. The van der Waals surface area contributed by atoms with Gasteiger partial charge >= 0.3 is 0 Å². The predicted molar refractivity (Wildman–Crippen MR) is 125 cm³/mol. The topological polar surface area (TPSA) is 63.0 Å². The fourth-order valence-electron chi connectivity index (χ4n) is 3.55. The van der Waals surface area contributed by atoms with Crippen molar-refractivity contribution in [3.8, 4) is 0 Å². The molecule has 1 atom stereocenters. The SMILES string of the molecule is CC(/C=N/n1cnc2c([nH]c3ccc(Cl)cc32)c1=O)Cc1ccc(C(C)(C)C)cc1. The van der Waals surface area contributed by atoms with Crippen LogP contribution in [0.25, 0.3) is 21.9 Å². The summed E-state index contributed by atoms with van der Waals surface area (Å²) in [5.74, 6) is 0.176. The van der Waals surface area contributed by atoms with Gasteiger partial charge in [-0.1, -0.05) is 63.6 Å². The van der Waals surface area contributed by atoms with Crippen molar-refractivity contribution < 1.29 is 0 Å². The van der Waals surface area contributed by atoms with Crippen LogP contribution in [-0.2, 0) is 11.8 Å². The molecule has 4 rings (SSSR count). The monoisotopic (exact) mass is 420 g/mol. The highest BCUT2D eigenvalue weighted by molar-refractivity contribution is 6.31. The lowest BCUT2D eigenvalue weighted by Crippen LogP contribution is -2.18. The van der Waals surface area contributed by atoms with Crippen LogP contribution < -0.4 is 5.56 Å². The van der Waals surface area contributed by atoms with Gasteiger partial charge in [-0.05, 0) is 47.1 Å². The van der Waals surface area contributed by atoms with E-state index in [9.17, 15) is 4.79 Å². The summed E-state index contributed by atoms with van der Waals surface area (Å²) in [4.78, 5) is 20.4. The molecule has 0 saturated carbocycles. The Bertz CT molecular complexity index is 1290. The third-order valence-corrected chi connectivity index (χ3v) is 5.51. The smallest absolute Gasteiger partial charge is 0.298 e. The number of halogens is 1. The Morgan fingerprint density at radius 3 is 2.63 bits per heavy atom. The normalized spacial score (nSPS) is 13.5. The molecule has 0 aliphatic heterocycles. The van der Waals surface area contributed by atoms with Crippen molar-refractivity contribution in [1.82, 2.24) is 14.6 Å². The third kappa shape index (κ3) is 4.03. The van der Waals surface area contributed by atoms with Gasteiger partial charge in [-0.15, -0.1) is 0 Å². The number of aromatic amines is 1. The van der Waals surface area contributed by atoms with E-state index in [0.717, 1.165) is 17.3 Å². The first-order chi connectivity index (χ1) is 14.2. The summed E-state index contributed by atoms with van der Waals surface area (Å²) in [6, 6.07) is 14.1. The Balaban J connectivity index is 1.55. The second-order valence-corrected chi connectivity index (χ2v) is 9.26. The van der Waals surface area contributed by atoms with Crippen LogP contribution >= 0.6 is 11.6 Å². The van der Waals surface area contributed by atoms with Crippen molar-refractivity contribution in [3.63, 3.8) is 0 Å². The van der Waals surface area contributed by atoms with E-state index in [1.54, 1.807) is 12.3 Å². The molecule has 154 valence electrons. The predicted octanol–water partition coefficient (Wildman–Crippen LogP) is 5.54. The molecule has 6 heteroatoms. The molecule has 0 amide bonds. The van der Waals surface area contributed by atoms with E-state index in [1.165, 1.54) is 22.1 Å². The molecule has 30 heavy (non-hydrogen) atoms. The number of fused-ring (bicyclic) bond motifs is 3. The Labute approximate surface area is 180 Å². The first-order valence-electron chi connectivity index (χ1n) is 10.0. The van der Waals surface area contributed by atoms with E-state index < -0.39 is 0 Å². The van der Waals surface area contributed by atoms with E-state index in [4.69, 9.17) is 11.6 Å². The molecule has 0 bridgehead atoms. The third-order valence-electron chi connectivity index (χ3n) is 5.27. The van der Waals surface area contributed by atoms with Gasteiger partial charge in [0.15, 0.2) is 0 Å². The van der Waals surface area contributed by atoms with Crippen molar-refractivity contribution in [2.24, 2.45) is 11.0 Å². The van der Waals surface area contributed by atoms with Crippen molar-refractivity contribution in [3.05, 3.63) is 75.3 Å². The molecule has 0 aliphatic carbocycles. The zero-order valence-electron chi connectivity index (χ0n) is 17.6. The second kappa shape index (κ2) is 7.73. The van der Waals surface area contributed by atoms with Gasteiger partial charge in [-0.25, -0.2) is 4.98 Å². The highest BCUT2D eigenvalue weighted by Crippen LogP contribution is 2.25. The fourth-order valence-corrected chi connectivity index (χ4v) is 3.72. The molecule has 5 nitrogen and oxygen atoms in total. The van der Waals surface area contributed by atoms with E-state index in [0.29, 0.717) is 16.1 Å². The highest BCUT2D eigenvalue weighted by atomic mass is 35.5. The van der Waals surface area contributed by atoms with E-state index in [1.807, 2.05) is 12.1 Å². The minimum absolute atomic E-state index is 0.145. The van der Waals surface area contributed by atoms with Gasteiger partial charge in [0, 0.05) is 22.1 Å². The van der Waals surface area contributed by atoms with Crippen molar-refractivity contribution >= 4 is 39.8 Å². The summed E-state index contributed by atoms with van der Waals surface area (Å²) in [7, 11) is 0. The molecular formula is C24H25ClN4O. The largest absolute Gasteiger partial charge is 0.349 e. The number of nitrogens with zero attached hydrogens (tertiary/aromatic N) is 3. The van der Waals surface area contributed by atoms with Gasteiger partial charge in [0.2, 0.25) is 0 Å². The maximum absolute atomic E-state index is 12.8. The fraction of sp³-hybridized carbons (Fsp3) is 0.292. The zero-order chi connectivity index (χ0) is 21.5. The lowest BCUT2D eigenvalue weighted by Gasteiger charge is -2.19. The first kappa shape index (κ1) is 20.4. The van der Waals surface area contributed by atoms with Crippen molar-refractivity contribution in [2.45, 2.75) is 39.5 Å². The number of H-pyrrole nitrogens is 1. The molecule has 1 N–H and O–H groups in total. The Hall–Kier alpha value is -2.92. The number of rotatable bonds is 4. The molecule has 2 heterocycles. The van der Waals surface area contributed by atoms with Crippen molar-refractivity contribution in [1.29, 1.82) is 0 Å². The summed E-state index contributed by atoms with van der Waals surface area (Å²) in [6.45, 7) is 8.72. The summed E-state index contributed by atoms with van der Waals surface area (Å²) >= 11 is 6.08. The lowest BCUT2D eigenvalue weighted by atomic mass is 9.86. The van der Waals surface area contributed by atoms with E-state index >= 15 is 0 Å². The van der Waals surface area contributed by atoms with Crippen LogP contribution in [0, 0.1) is 5.92 Å². The molecule has 0 fully saturated rings. The molecule has 0 aliphatic rings. The molecule has 2 aromatic heterocycles. The summed E-state index contributed by atoms with van der Waals surface area (Å²) in [6.07, 6.45) is 4.11. The minimum atomic E-state index is -0.231. The van der Waals surface area contributed by atoms with Crippen LogP contribution in [0.4, 0.5) is 0 Å². The van der Waals surface area contributed by atoms with Crippen LogP contribution in [0.2, 0.25) is 5.02 Å². The van der Waals surface area contributed by atoms with Gasteiger partial charge in [0.05, 0.1) is 0 Å². The van der Waals surface area contributed by atoms with Crippen LogP contribution in [0.3, 0.4) is 0 Å². The lowest BCUT2D eigenvalue weighted by molar-refractivity contribution is 0.589. The number of benzene rings is 2. The Morgan fingerprint density at radius 2 is 1.93 bits per heavy atom. The minimum Gasteiger partial charge on any atom is -0.349 e. The first-order valence-corrected chi connectivity index (χ1v) is 10.4. The maximum atomic E-state index is 12.8. The molecule has 0 spiro atoms. The van der Waals surface area contributed by atoms with Gasteiger partial charge in [0.25, 0.3) is 5.56 Å². The van der Waals surface area contributed by atoms with Crippen LogP contribution in [-0.4, -0.2) is 20.9 Å². The maximum Gasteiger partial charge on any atom is 0.298 e. The Morgan fingerprint density at radius 1 is 1.20 bits per heavy atom. The highest BCUT2D eigenvalue weighted by Gasteiger charge is 2.13. The zero-order valence-corrected chi connectivity index (χ0v) is 18.4. The molecule has 1 unspecified atom stereocenters. The quantitative estimate of drug-likeness (QED) is 0.440. The average Bonchev–Trinajstić information content (AvgIpc) is 3.06. The van der Waals surface area contributed by atoms with Crippen LogP contribution in [0.1, 0.15) is 38.8 Å². The second-order valence-electron chi connectivity index (χ2n) is 8.83. The number of hydrogen-bond donors (Lipinski definition) is 1. The van der Waals surface area contributed by atoms with Gasteiger partial charge in [-0.2, -0.15) is 9.78 Å². The van der Waals surface area contributed by atoms with E-state index in [-0.39, 0.29) is 16.9 Å². The van der Waals surface area contributed by atoms with Crippen LogP contribution in [0.15, 0.2) is 58.7 Å². The Kier molecular flexibility index (Phi) is 5.24. The number of hydrogen-bond acceptors (Lipinski definition) is 3. The van der Waals surface area contributed by atoms with Crippen LogP contribution in [0.5, 0.6) is 0 Å². The summed E-state index contributed by atoms with van der Waals surface area (Å²) in [5.41, 5.74) is 4.34. The van der Waals surface area contributed by atoms with Crippen molar-refractivity contribution in [2.75, 3.05) is 0 Å². The van der Waals surface area contributed by atoms with E-state index in [2.05, 4.69) is 67.0 Å². The summed E-state index contributed by atoms with van der Waals surface area (Å²) in [5, 5.41) is 5.81. The molecule has 0 radical (unpaired) electrons.